The Bertz CT molecular complexity index is 3550. The number of hydrogen-bond donors (Lipinski definition) is 0. The molecule has 59 heavy (non-hydrogen) atoms. The molecule has 0 saturated heterocycles. The lowest BCUT2D eigenvalue weighted by Gasteiger charge is -2.26. The molecule has 12 rings (SSSR count). The second-order valence-electron chi connectivity index (χ2n) is 15.1. The molecule has 0 saturated carbocycles. The summed E-state index contributed by atoms with van der Waals surface area (Å²) in [5.74, 6) is 0.625. The highest BCUT2D eigenvalue weighted by Crippen LogP contribution is 2.44. The lowest BCUT2D eigenvalue weighted by Crippen LogP contribution is -2.09. The maximum atomic E-state index is 6.66. The maximum Gasteiger partial charge on any atom is 0.227 e. The van der Waals surface area contributed by atoms with Crippen LogP contribution in [0.5, 0.6) is 0 Å². The number of rotatable bonds is 6. The molecule has 0 N–H and O–H groups in total. The molecule has 2 heterocycles. The highest BCUT2D eigenvalue weighted by molar-refractivity contribution is 6.28. The highest BCUT2D eigenvalue weighted by Gasteiger charge is 2.19. The van der Waals surface area contributed by atoms with Crippen LogP contribution in [0.2, 0.25) is 0 Å². The summed E-state index contributed by atoms with van der Waals surface area (Å²) in [5.41, 5.74) is 12.2. The zero-order valence-corrected chi connectivity index (χ0v) is 31.8. The highest BCUT2D eigenvalue weighted by atomic mass is 16.3. The van der Waals surface area contributed by atoms with Gasteiger partial charge in [0.05, 0.1) is 0 Å². The van der Waals surface area contributed by atoms with Gasteiger partial charge in [0.1, 0.15) is 16.7 Å². The van der Waals surface area contributed by atoms with Crippen molar-refractivity contribution in [2.45, 2.75) is 0 Å². The van der Waals surface area contributed by atoms with E-state index in [0.717, 1.165) is 94.1 Å². The number of anilines is 3. The minimum Gasteiger partial charge on any atom is -0.456 e. The Hall–Kier alpha value is -7.95. The van der Waals surface area contributed by atoms with Crippen LogP contribution < -0.4 is 4.90 Å². The number of fused-ring (bicyclic) bond motifs is 10. The molecule has 0 bridgehead atoms. The van der Waals surface area contributed by atoms with Crippen molar-refractivity contribution in [2.75, 3.05) is 4.90 Å². The first-order valence-corrected chi connectivity index (χ1v) is 19.9. The summed E-state index contributed by atoms with van der Waals surface area (Å²) in [7, 11) is 0. The van der Waals surface area contributed by atoms with Gasteiger partial charge in [0.25, 0.3) is 0 Å². The van der Waals surface area contributed by atoms with E-state index in [1.165, 1.54) is 16.2 Å². The molecule has 0 aliphatic carbocycles. The number of aromatic nitrogens is 1. The maximum absolute atomic E-state index is 6.66. The average Bonchev–Trinajstić information content (AvgIpc) is 3.92. The Balaban J connectivity index is 1.00. The Morgan fingerprint density at radius 2 is 1.02 bits per heavy atom. The molecule has 10 aromatic carbocycles. The summed E-state index contributed by atoms with van der Waals surface area (Å²) < 4.78 is 12.9. The summed E-state index contributed by atoms with van der Waals surface area (Å²) in [6, 6.07) is 72.9. The topological polar surface area (TPSA) is 42.4 Å². The SMILES string of the molecule is c1ccc(-c2nc3ccc4ccc5c(-c6cccc(N(c7ccccc7)c7ccc(-c8ccc9c(c8)oc8ccccc89)cc7)c6)cc6ccccc6c5c4c3o2)cc1. The van der Waals surface area contributed by atoms with Crippen LogP contribution in [0.1, 0.15) is 0 Å². The molecule has 2 aromatic heterocycles. The summed E-state index contributed by atoms with van der Waals surface area (Å²) in [5, 5.41) is 9.15. The van der Waals surface area contributed by atoms with Crippen molar-refractivity contribution in [1.29, 1.82) is 0 Å². The van der Waals surface area contributed by atoms with Gasteiger partial charge in [-0.1, -0.05) is 127 Å². The number of benzene rings is 10. The van der Waals surface area contributed by atoms with Crippen LogP contribution in [-0.4, -0.2) is 4.98 Å². The minimum atomic E-state index is 0.625. The van der Waals surface area contributed by atoms with Crippen molar-refractivity contribution < 1.29 is 8.83 Å². The van der Waals surface area contributed by atoms with Gasteiger partial charge >= 0.3 is 0 Å². The van der Waals surface area contributed by atoms with Crippen LogP contribution in [0.3, 0.4) is 0 Å². The van der Waals surface area contributed by atoms with Crippen LogP contribution in [0.4, 0.5) is 17.1 Å². The minimum absolute atomic E-state index is 0.625. The zero-order valence-electron chi connectivity index (χ0n) is 31.8. The van der Waals surface area contributed by atoms with Crippen molar-refractivity contribution in [1.82, 2.24) is 4.98 Å². The molecule has 12 aromatic rings. The third kappa shape index (κ3) is 5.49. The fraction of sp³-hybridized carbons (Fsp3) is 0. The molecule has 4 nitrogen and oxygen atoms in total. The van der Waals surface area contributed by atoms with Gasteiger partial charge in [-0.15, -0.1) is 0 Å². The summed E-state index contributed by atoms with van der Waals surface area (Å²) >= 11 is 0. The van der Waals surface area contributed by atoms with Crippen molar-refractivity contribution in [3.8, 4) is 33.7 Å². The van der Waals surface area contributed by atoms with Gasteiger partial charge < -0.3 is 13.7 Å². The second kappa shape index (κ2) is 13.3. The molecule has 0 unspecified atom stereocenters. The molecule has 0 amide bonds. The third-order valence-corrected chi connectivity index (χ3v) is 11.6. The molecular formula is C55H34N2O2. The van der Waals surface area contributed by atoms with Crippen molar-refractivity contribution in [2.24, 2.45) is 0 Å². The van der Waals surface area contributed by atoms with E-state index in [0.29, 0.717) is 5.89 Å². The van der Waals surface area contributed by atoms with Crippen molar-refractivity contribution >= 4 is 82.4 Å². The number of para-hydroxylation sites is 2. The Morgan fingerprint density at radius 3 is 1.88 bits per heavy atom. The van der Waals surface area contributed by atoms with E-state index in [1.807, 2.05) is 42.5 Å². The summed E-state index contributed by atoms with van der Waals surface area (Å²) in [6.07, 6.45) is 0. The van der Waals surface area contributed by atoms with Crippen molar-refractivity contribution in [3.63, 3.8) is 0 Å². The van der Waals surface area contributed by atoms with Gasteiger partial charge in [-0.25, -0.2) is 4.98 Å². The van der Waals surface area contributed by atoms with Crippen LogP contribution in [0.25, 0.3) is 99.1 Å². The van der Waals surface area contributed by atoms with Gasteiger partial charge in [0, 0.05) is 44.2 Å². The smallest absolute Gasteiger partial charge is 0.227 e. The van der Waals surface area contributed by atoms with E-state index in [2.05, 4.69) is 169 Å². The molecule has 276 valence electrons. The third-order valence-electron chi connectivity index (χ3n) is 11.6. The predicted molar refractivity (Wildman–Crippen MR) is 245 cm³/mol. The van der Waals surface area contributed by atoms with Gasteiger partial charge in [-0.05, 0) is 123 Å². The van der Waals surface area contributed by atoms with Crippen LogP contribution in [-0.2, 0) is 0 Å². The first-order valence-electron chi connectivity index (χ1n) is 19.9. The molecule has 0 fully saturated rings. The average molecular weight is 755 g/mol. The Kier molecular flexibility index (Phi) is 7.50. The van der Waals surface area contributed by atoms with E-state index in [4.69, 9.17) is 13.8 Å². The largest absolute Gasteiger partial charge is 0.456 e. The molecule has 0 radical (unpaired) electrons. The summed E-state index contributed by atoms with van der Waals surface area (Å²) in [6.45, 7) is 0. The van der Waals surface area contributed by atoms with Crippen molar-refractivity contribution in [3.05, 3.63) is 206 Å². The molecular weight excluding hydrogens is 721 g/mol. The number of oxazole rings is 1. The molecule has 0 atom stereocenters. The number of hydrogen-bond acceptors (Lipinski definition) is 4. The van der Waals surface area contributed by atoms with Crippen LogP contribution in [0.15, 0.2) is 215 Å². The van der Waals surface area contributed by atoms with Gasteiger partial charge in [-0.2, -0.15) is 0 Å². The fourth-order valence-corrected chi connectivity index (χ4v) is 8.87. The van der Waals surface area contributed by atoms with Crippen LogP contribution >= 0.6 is 0 Å². The zero-order chi connectivity index (χ0) is 38.9. The number of furan rings is 1. The lowest BCUT2D eigenvalue weighted by molar-refractivity contribution is 0.623. The van der Waals surface area contributed by atoms with E-state index in [-0.39, 0.29) is 0 Å². The molecule has 0 aliphatic heterocycles. The first-order chi connectivity index (χ1) is 29.2. The predicted octanol–water partition coefficient (Wildman–Crippen LogP) is 15.7. The Morgan fingerprint density at radius 1 is 0.356 bits per heavy atom. The van der Waals surface area contributed by atoms with Crippen LogP contribution in [0, 0.1) is 0 Å². The molecule has 0 spiro atoms. The standard InChI is InChI=1S/C55H34N2O2/c1-3-12-37(13-4-1)55-56-49-31-26-36-24-30-47-48(33-40-14-7-8-19-44(40)53(47)52(36)54(49)59-55)39-15-11-18-43(32-39)57(41-16-5-2-6-17-41)42-27-22-35(23-28-42)38-25-29-46-45-20-9-10-21-50(45)58-51(46)34-38/h1-34H. The second-order valence-corrected chi connectivity index (χ2v) is 15.1. The van der Waals surface area contributed by atoms with Gasteiger partial charge in [0.2, 0.25) is 5.89 Å². The van der Waals surface area contributed by atoms with E-state index in [1.54, 1.807) is 0 Å². The quantitative estimate of drug-likeness (QED) is 0.159. The summed E-state index contributed by atoms with van der Waals surface area (Å²) in [4.78, 5) is 7.29. The van der Waals surface area contributed by atoms with Gasteiger partial charge in [0.15, 0.2) is 5.58 Å². The molecule has 4 heteroatoms. The first kappa shape index (κ1) is 33.2. The van der Waals surface area contributed by atoms with Gasteiger partial charge in [-0.3, -0.25) is 0 Å². The fourth-order valence-electron chi connectivity index (χ4n) is 8.87. The monoisotopic (exact) mass is 754 g/mol. The number of nitrogens with zero attached hydrogens (tertiary/aromatic N) is 2. The lowest BCUT2D eigenvalue weighted by atomic mass is 9.90. The van der Waals surface area contributed by atoms with E-state index in [9.17, 15) is 0 Å². The molecule has 0 aliphatic rings. The van der Waals surface area contributed by atoms with E-state index >= 15 is 0 Å². The Labute approximate surface area is 339 Å². The van der Waals surface area contributed by atoms with E-state index < -0.39 is 0 Å². The normalized spacial score (nSPS) is 11.7.